The van der Waals surface area contributed by atoms with Gasteiger partial charge < -0.3 is 4.90 Å². The molecule has 0 bridgehead atoms. The molecule has 6 heteroatoms. The lowest BCUT2D eigenvalue weighted by atomic mass is 9.87. The van der Waals surface area contributed by atoms with Gasteiger partial charge in [0.2, 0.25) is 5.91 Å². The highest BCUT2D eigenvalue weighted by Gasteiger charge is 2.32. The molecule has 1 amide bonds. The van der Waals surface area contributed by atoms with Crippen molar-refractivity contribution in [1.29, 1.82) is 0 Å². The van der Waals surface area contributed by atoms with Crippen LogP contribution >= 0.6 is 11.3 Å². The Balaban J connectivity index is 1.10. The van der Waals surface area contributed by atoms with Crippen LogP contribution in [0.1, 0.15) is 43.0 Å². The van der Waals surface area contributed by atoms with Gasteiger partial charge >= 0.3 is 0 Å². The summed E-state index contributed by atoms with van der Waals surface area (Å²) in [5.74, 6) is 1.33. The number of nitrogens with zero attached hydrogens (tertiary/aromatic N) is 4. The van der Waals surface area contributed by atoms with Gasteiger partial charge in [-0.25, -0.2) is 0 Å². The third kappa shape index (κ3) is 4.76. The van der Waals surface area contributed by atoms with Gasteiger partial charge in [0.1, 0.15) is 0 Å². The molecule has 0 aliphatic carbocycles. The molecule has 1 saturated heterocycles. The van der Waals surface area contributed by atoms with Crippen LogP contribution in [-0.2, 0) is 11.3 Å². The monoisotopic (exact) mass is 498 g/mol. The lowest BCUT2D eigenvalue weighted by Gasteiger charge is -2.37. The van der Waals surface area contributed by atoms with Gasteiger partial charge in [0.05, 0.1) is 12.3 Å². The number of thiophene rings is 1. The van der Waals surface area contributed by atoms with Gasteiger partial charge in [0.15, 0.2) is 0 Å². The van der Waals surface area contributed by atoms with Crippen molar-refractivity contribution in [3.63, 3.8) is 0 Å². The molecule has 6 rings (SSSR count). The number of pyridine rings is 1. The molecule has 0 radical (unpaired) electrons. The van der Waals surface area contributed by atoms with E-state index in [0.717, 1.165) is 62.5 Å². The predicted molar refractivity (Wildman–Crippen MR) is 148 cm³/mol. The average Bonchev–Trinajstić information content (AvgIpc) is 3.48. The minimum absolute atomic E-state index is 0.304. The largest absolute Gasteiger partial charge is 0.338 e. The Bertz CT molecular complexity index is 1360. The molecule has 5 heterocycles. The van der Waals surface area contributed by atoms with Crippen molar-refractivity contribution < 1.29 is 4.79 Å². The number of piperidine rings is 1. The highest BCUT2D eigenvalue weighted by Crippen LogP contribution is 2.32. The van der Waals surface area contributed by atoms with E-state index in [0.29, 0.717) is 30.7 Å². The first-order valence-electron chi connectivity index (χ1n) is 13.2. The van der Waals surface area contributed by atoms with E-state index < -0.39 is 0 Å². The number of aromatic nitrogens is 1. The molecule has 2 atom stereocenters. The van der Waals surface area contributed by atoms with Crippen LogP contribution in [0.15, 0.2) is 64.1 Å². The standard InChI is InChI=1S/C30H34N4OS/c1-20-11-22(16-33(15-20)17-25-19-36-28-6-4-3-5-26(25)28)13-29(35)34-10-8-24-14-32-30(27(24)18-34)23-7-9-31-21(2)12-23/h3-7,9,12,19-20,22H,8,10-11,13-18H2,1-2H3. The second kappa shape index (κ2) is 9.91. The molecule has 1 aromatic carbocycles. The number of benzene rings is 1. The molecular formula is C30H34N4OS. The number of carbonyl (C=O) groups is 1. The van der Waals surface area contributed by atoms with Crippen molar-refractivity contribution in [2.75, 3.05) is 32.7 Å². The summed E-state index contributed by atoms with van der Waals surface area (Å²) in [5, 5.41) is 3.69. The topological polar surface area (TPSA) is 48.8 Å². The zero-order valence-corrected chi connectivity index (χ0v) is 22.1. The molecule has 1 fully saturated rings. The molecule has 2 unspecified atom stereocenters. The Labute approximate surface area is 217 Å². The zero-order valence-electron chi connectivity index (χ0n) is 21.2. The van der Waals surface area contributed by atoms with Crippen molar-refractivity contribution >= 4 is 33.0 Å². The number of aliphatic imine (C=N–C) groups is 1. The molecule has 0 spiro atoms. The Hall–Kier alpha value is -2.83. The fourth-order valence-electron chi connectivity index (χ4n) is 6.31. The van der Waals surface area contributed by atoms with Crippen molar-refractivity contribution in [2.45, 2.75) is 39.7 Å². The third-order valence-corrected chi connectivity index (χ3v) is 8.95. The number of amides is 1. The molecule has 2 aromatic heterocycles. The van der Waals surface area contributed by atoms with E-state index in [2.05, 4.69) is 57.4 Å². The van der Waals surface area contributed by atoms with Crippen molar-refractivity contribution in [3.05, 3.63) is 75.9 Å². The first-order valence-corrected chi connectivity index (χ1v) is 14.1. The normalized spacial score (nSPS) is 22.7. The van der Waals surface area contributed by atoms with Gasteiger partial charge in [-0.2, -0.15) is 0 Å². The zero-order chi connectivity index (χ0) is 24.6. The van der Waals surface area contributed by atoms with Gasteiger partial charge in [-0.15, -0.1) is 11.3 Å². The van der Waals surface area contributed by atoms with Gasteiger partial charge in [-0.3, -0.25) is 19.7 Å². The summed E-state index contributed by atoms with van der Waals surface area (Å²) in [6, 6.07) is 12.8. The van der Waals surface area contributed by atoms with Crippen LogP contribution in [0.3, 0.4) is 0 Å². The quantitative estimate of drug-likeness (QED) is 0.468. The minimum Gasteiger partial charge on any atom is -0.338 e. The van der Waals surface area contributed by atoms with Gasteiger partial charge in [-0.1, -0.05) is 25.1 Å². The summed E-state index contributed by atoms with van der Waals surface area (Å²) >= 11 is 1.84. The molecule has 0 N–H and O–H groups in total. The van der Waals surface area contributed by atoms with E-state index in [1.54, 1.807) is 0 Å². The minimum atomic E-state index is 0.304. The molecule has 5 nitrogen and oxygen atoms in total. The smallest absolute Gasteiger partial charge is 0.223 e. The second-order valence-electron chi connectivity index (χ2n) is 10.9. The van der Waals surface area contributed by atoms with E-state index in [-0.39, 0.29) is 0 Å². The van der Waals surface area contributed by atoms with E-state index in [1.165, 1.54) is 26.8 Å². The molecule has 3 aliphatic heterocycles. The van der Waals surface area contributed by atoms with Gasteiger partial charge in [-0.05, 0) is 77.3 Å². The molecule has 186 valence electrons. The number of hydrogen-bond acceptors (Lipinski definition) is 5. The first-order chi connectivity index (χ1) is 17.5. The fraction of sp³-hybridized carbons (Fsp3) is 0.433. The first kappa shape index (κ1) is 23.6. The average molecular weight is 499 g/mol. The third-order valence-electron chi connectivity index (χ3n) is 7.94. The summed E-state index contributed by atoms with van der Waals surface area (Å²) in [6.07, 6.45) is 4.58. The number of rotatable bonds is 5. The van der Waals surface area contributed by atoms with E-state index in [1.807, 2.05) is 30.5 Å². The number of hydrogen-bond donors (Lipinski definition) is 0. The van der Waals surface area contributed by atoms with Gasteiger partial charge in [0, 0.05) is 61.3 Å². The lowest BCUT2D eigenvalue weighted by Crippen LogP contribution is -2.43. The number of aryl methyl sites for hydroxylation is 1. The van der Waals surface area contributed by atoms with Crippen molar-refractivity contribution in [3.8, 4) is 0 Å². The summed E-state index contributed by atoms with van der Waals surface area (Å²) in [5.41, 5.74) is 7.28. The van der Waals surface area contributed by atoms with E-state index in [9.17, 15) is 4.79 Å². The number of fused-ring (bicyclic) bond motifs is 1. The van der Waals surface area contributed by atoms with Crippen LogP contribution < -0.4 is 0 Å². The molecule has 3 aromatic rings. The number of likely N-dealkylation sites (tertiary alicyclic amines) is 1. The SMILES string of the molecule is Cc1cc(C2=NCC3=C2CN(C(=O)CC2CC(C)CN(Cc4csc5ccccc45)C2)CC3)ccn1. The van der Waals surface area contributed by atoms with Crippen LogP contribution in [0.5, 0.6) is 0 Å². The molecule has 36 heavy (non-hydrogen) atoms. The van der Waals surface area contributed by atoms with Crippen LogP contribution in [0.4, 0.5) is 0 Å². The van der Waals surface area contributed by atoms with Crippen LogP contribution in [0.2, 0.25) is 0 Å². The predicted octanol–water partition coefficient (Wildman–Crippen LogP) is 5.48. The highest BCUT2D eigenvalue weighted by atomic mass is 32.1. The van der Waals surface area contributed by atoms with Crippen LogP contribution in [0, 0.1) is 18.8 Å². The molecular weight excluding hydrogens is 464 g/mol. The maximum Gasteiger partial charge on any atom is 0.223 e. The maximum atomic E-state index is 13.5. The fourth-order valence-corrected chi connectivity index (χ4v) is 7.26. The summed E-state index contributed by atoms with van der Waals surface area (Å²) in [6.45, 7) is 9.74. The lowest BCUT2D eigenvalue weighted by molar-refractivity contribution is -0.132. The Morgan fingerprint density at radius 1 is 1.19 bits per heavy atom. The van der Waals surface area contributed by atoms with Crippen molar-refractivity contribution in [2.24, 2.45) is 16.8 Å². The summed E-state index contributed by atoms with van der Waals surface area (Å²) < 4.78 is 1.36. The summed E-state index contributed by atoms with van der Waals surface area (Å²) in [7, 11) is 0. The summed E-state index contributed by atoms with van der Waals surface area (Å²) in [4.78, 5) is 27.3. The van der Waals surface area contributed by atoms with E-state index in [4.69, 9.17) is 4.99 Å². The van der Waals surface area contributed by atoms with Gasteiger partial charge in [0.25, 0.3) is 0 Å². The second-order valence-corrected chi connectivity index (χ2v) is 11.8. The highest BCUT2D eigenvalue weighted by molar-refractivity contribution is 7.17. The Morgan fingerprint density at radius 2 is 2.08 bits per heavy atom. The maximum absolute atomic E-state index is 13.5. The van der Waals surface area contributed by atoms with E-state index >= 15 is 0 Å². The Kier molecular flexibility index (Phi) is 6.48. The molecule has 0 saturated carbocycles. The number of carbonyl (C=O) groups excluding carboxylic acids is 1. The van der Waals surface area contributed by atoms with Crippen molar-refractivity contribution in [1.82, 2.24) is 14.8 Å². The Morgan fingerprint density at radius 3 is 2.97 bits per heavy atom. The van der Waals surface area contributed by atoms with Crippen LogP contribution in [-0.4, -0.2) is 59.1 Å². The van der Waals surface area contributed by atoms with Crippen LogP contribution in [0.25, 0.3) is 10.1 Å². The molecule has 3 aliphatic rings.